The van der Waals surface area contributed by atoms with Crippen molar-refractivity contribution in [1.29, 1.82) is 0 Å². The predicted octanol–water partition coefficient (Wildman–Crippen LogP) is 8.92. The van der Waals surface area contributed by atoms with Crippen LogP contribution < -0.4 is 5.30 Å². The van der Waals surface area contributed by atoms with Crippen molar-refractivity contribution in [2.24, 2.45) is 0 Å². The van der Waals surface area contributed by atoms with Crippen LogP contribution in [0.5, 0.6) is 0 Å². The van der Waals surface area contributed by atoms with E-state index in [9.17, 15) is 0 Å². The monoisotopic (exact) mass is 556 g/mol. The van der Waals surface area contributed by atoms with Crippen molar-refractivity contribution in [3.63, 3.8) is 0 Å². The first-order valence-corrected chi connectivity index (χ1v) is 18.7. The minimum Gasteiger partial charge on any atom is -0.179 e. The Kier molecular flexibility index (Phi) is 10.1. The zero-order valence-electron chi connectivity index (χ0n) is 19.1. The molecule has 0 nitrogen and oxygen atoms in total. The maximum Gasteiger partial charge on any atom is -0.0253 e. The van der Waals surface area contributed by atoms with E-state index in [1.54, 1.807) is 5.30 Å². The minimum absolute atomic E-state index is 0.0206. The van der Waals surface area contributed by atoms with Gasteiger partial charge in [0.05, 0.1) is 0 Å². The first kappa shape index (κ1) is 25.8. The van der Waals surface area contributed by atoms with E-state index in [2.05, 4.69) is 107 Å². The molecule has 0 heterocycles. The van der Waals surface area contributed by atoms with Crippen LogP contribution in [0.25, 0.3) is 21.9 Å². The van der Waals surface area contributed by atoms with Crippen molar-refractivity contribution in [3.8, 4) is 11.1 Å². The SMILES string of the molecule is CC(C)P(c1cc2ccccc2[cH-]1)C(C)C.[Cl][Zr+2][Cl].[c-]1cccc2c1Cc1ccccc1-2. The quantitative estimate of drug-likeness (QED) is 0.153. The number of rotatable bonds is 3. The molecule has 0 atom stereocenters. The van der Waals surface area contributed by atoms with Gasteiger partial charge in [0.25, 0.3) is 0 Å². The van der Waals surface area contributed by atoms with Crippen LogP contribution in [-0.4, -0.2) is 11.3 Å². The molecule has 4 aromatic carbocycles. The van der Waals surface area contributed by atoms with Gasteiger partial charge in [-0.3, -0.25) is 0 Å². The van der Waals surface area contributed by atoms with Crippen LogP contribution in [0.2, 0.25) is 0 Å². The summed E-state index contributed by atoms with van der Waals surface area (Å²) in [4.78, 5) is 0. The molecule has 0 aromatic heterocycles. The molecular weight excluding hydrogens is 529 g/mol. The Morgan fingerprint density at radius 3 is 2.19 bits per heavy atom. The number of halogens is 2. The Morgan fingerprint density at radius 1 is 0.875 bits per heavy atom. The summed E-state index contributed by atoms with van der Waals surface area (Å²) in [7, 11) is 9.85. The summed E-state index contributed by atoms with van der Waals surface area (Å²) in [6, 6.07) is 31.6. The number of hydrogen-bond acceptors (Lipinski definition) is 0. The number of hydrogen-bond donors (Lipinski definition) is 0. The second-order valence-electron chi connectivity index (χ2n) is 8.40. The normalized spacial score (nSPS) is 11.4. The zero-order chi connectivity index (χ0) is 23.1. The van der Waals surface area contributed by atoms with Gasteiger partial charge in [0.1, 0.15) is 0 Å². The molecule has 0 unspecified atom stereocenters. The largest absolute Gasteiger partial charge is 0.179 e. The van der Waals surface area contributed by atoms with Crippen LogP contribution in [0.4, 0.5) is 0 Å². The molecule has 0 radical (unpaired) electrons. The molecule has 4 aromatic rings. The van der Waals surface area contributed by atoms with E-state index in [1.165, 1.54) is 33.0 Å². The summed E-state index contributed by atoms with van der Waals surface area (Å²) >= 11 is -0.826. The standard InChI is InChI=1S/C15H20P.C13H9.2ClH.Zr/c1-11(2)16(12(3)4)15-9-13-7-5-6-8-14(13)10-15;1-3-7-12-10(5-1)9-11-6-2-4-8-13(11)12;;;/h5-12H,1-4H3;1-5,7-8H,9H2;2*1H;/q2*-1;;;+4/p-2. The summed E-state index contributed by atoms with van der Waals surface area (Å²) in [5, 5.41) is 4.36. The molecule has 5 rings (SSSR count). The van der Waals surface area contributed by atoms with Gasteiger partial charge >= 0.3 is 37.9 Å². The van der Waals surface area contributed by atoms with Crippen molar-refractivity contribution < 1.29 is 20.8 Å². The van der Waals surface area contributed by atoms with Crippen LogP contribution in [0.15, 0.2) is 78.9 Å². The molecule has 0 N–H and O–H groups in total. The van der Waals surface area contributed by atoms with E-state index in [0.717, 1.165) is 17.7 Å². The predicted molar refractivity (Wildman–Crippen MR) is 142 cm³/mol. The zero-order valence-corrected chi connectivity index (χ0v) is 23.9. The molecule has 0 fully saturated rings. The summed E-state index contributed by atoms with van der Waals surface area (Å²) in [5.41, 5.74) is 7.05. The van der Waals surface area contributed by atoms with Gasteiger partial charge in [-0.1, -0.05) is 77.1 Å². The first-order chi connectivity index (χ1) is 15.5. The molecule has 0 aliphatic heterocycles. The van der Waals surface area contributed by atoms with E-state index >= 15 is 0 Å². The summed E-state index contributed by atoms with van der Waals surface area (Å²) < 4.78 is 0. The van der Waals surface area contributed by atoms with Gasteiger partial charge in [0.2, 0.25) is 0 Å². The molecule has 0 saturated heterocycles. The molecule has 0 saturated carbocycles. The fourth-order valence-corrected chi connectivity index (χ4v) is 7.43. The number of fused-ring (bicyclic) bond motifs is 4. The fraction of sp³-hybridized carbons (Fsp3) is 0.250. The average molecular weight is 559 g/mol. The van der Waals surface area contributed by atoms with Crippen molar-refractivity contribution in [3.05, 3.63) is 96.1 Å². The van der Waals surface area contributed by atoms with Gasteiger partial charge in [0, 0.05) is 0 Å². The summed E-state index contributed by atoms with van der Waals surface area (Å²) in [6.45, 7) is 9.40. The molecule has 0 spiro atoms. The van der Waals surface area contributed by atoms with Crippen molar-refractivity contribution in [1.82, 2.24) is 0 Å². The number of benzene rings is 3. The van der Waals surface area contributed by atoms with Gasteiger partial charge in [-0.05, 0) is 17.7 Å². The van der Waals surface area contributed by atoms with Gasteiger partial charge in [-0.15, -0.1) is 45.9 Å². The molecule has 32 heavy (non-hydrogen) atoms. The molecule has 164 valence electrons. The van der Waals surface area contributed by atoms with Gasteiger partial charge in [-0.25, -0.2) is 0 Å². The molecular formula is C28H29Cl2PZr. The van der Waals surface area contributed by atoms with Crippen LogP contribution in [0.3, 0.4) is 0 Å². The second kappa shape index (κ2) is 12.6. The van der Waals surface area contributed by atoms with Gasteiger partial charge in [-0.2, -0.15) is 35.9 Å². The maximum atomic E-state index is 4.93. The van der Waals surface area contributed by atoms with Crippen molar-refractivity contribution in [2.75, 3.05) is 0 Å². The minimum atomic E-state index is -0.826. The third-order valence-electron chi connectivity index (χ3n) is 5.63. The van der Waals surface area contributed by atoms with Crippen LogP contribution in [0, 0.1) is 6.07 Å². The van der Waals surface area contributed by atoms with E-state index in [0.29, 0.717) is 0 Å². The molecule has 0 amide bonds. The van der Waals surface area contributed by atoms with Crippen LogP contribution in [0.1, 0.15) is 38.8 Å². The maximum absolute atomic E-state index is 4.93. The first-order valence-electron chi connectivity index (χ1n) is 10.9. The Labute approximate surface area is 213 Å². The molecule has 1 aliphatic carbocycles. The Hall–Kier alpha value is -0.837. The van der Waals surface area contributed by atoms with Crippen LogP contribution >= 0.6 is 24.9 Å². The van der Waals surface area contributed by atoms with E-state index in [-0.39, 0.29) is 7.92 Å². The van der Waals surface area contributed by atoms with E-state index in [4.69, 9.17) is 17.0 Å². The molecule has 0 bridgehead atoms. The van der Waals surface area contributed by atoms with Crippen LogP contribution in [-0.2, 0) is 27.3 Å². The van der Waals surface area contributed by atoms with Crippen molar-refractivity contribution >= 4 is 41.0 Å². The molecule has 1 aliphatic rings. The van der Waals surface area contributed by atoms with Gasteiger partial charge in [0.15, 0.2) is 0 Å². The Bertz CT molecular complexity index is 1050. The topological polar surface area (TPSA) is 0 Å². The van der Waals surface area contributed by atoms with Gasteiger partial charge < -0.3 is 0 Å². The third kappa shape index (κ3) is 6.39. The third-order valence-corrected chi connectivity index (χ3v) is 8.71. The Morgan fingerprint density at radius 2 is 1.50 bits per heavy atom. The summed E-state index contributed by atoms with van der Waals surface area (Å²) in [5.74, 6) is 0. The molecule has 4 heteroatoms. The van der Waals surface area contributed by atoms with E-state index < -0.39 is 20.8 Å². The van der Waals surface area contributed by atoms with E-state index in [1.807, 2.05) is 6.07 Å². The second-order valence-corrected chi connectivity index (χ2v) is 15.5. The van der Waals surface area contributed by atoms with Crippen molar-refractivity contribution in [2.45, 2.75) is 45.4 Å². The summed E-state index contributed by atoms with van der Waals surface area (Å²) in [6.07, 6.45) is 1.05. The smallest absolute Gasteiger partial charge is 0.0253 e. The fourth-order valence-electron chi connectivity index (χ4n) is 4.47. The average Bonchev–Trinajstić information content (AvgIpc) is 3.35. The Balaban J connectivity index is 0.000000163.